The summed E-state index contributed by atoms with van der Waals surface area (Å²) in [6.45, 7) is 5.27. The van der Waals surface area contributed by atoms with Gasteiger partial charge in [-0.05, 0) is 42.8 Å². The number of ether oxygens (including phenoxy) is 1. The topological polar surface area (TPSA) is 44.1 Å². The number of carbonyl (C=O) groups is 1. The first-order valence-corrected chi connectivity index (χ1v) is 6.13. The Morgan fingerprint density at radius 1 is 1.44 bits per heavy atom. The average molecular weight is 315 g/mol. The summed E-state index contributed by atoms with van der Waals surface area (Å²) >= 11 is 3.23. The highest BCUT2D eigenvalue weighted by Crippen LogP contribution is 2.25. The summed E-state index contributed by atoms with van der Waals surface area (Å²) in [5.41, 5.74) is -0.254. The number of fused-ring (bicyclic) bond motifs is 1. The maximum Gasteiger partial charge on any atom is 0.435 e. The Hall–Kier alpha value is -1.43. The third kappa shape index (κ3) is 2.53. The van der Waals surface area contributed by atoms with E-state index in [1.54, 1.807) is 20.8 Å². The minimum atomic E-state index is -0.630. The molecule has 0 unspecified atom stereocenters. The van der Waals surface area contributed by atoms with Crippen LogP contribution in [0.15, 0.2) is 22.8 Å². The Morgan fingerprint density at radius 3 is 2.72 bits per heavy atom. The zero-order chi connectivity index (χ0) is 13.5. The Labute approximate surface area is 112 Å². The van der Waals surface area contributed by atoms with Crippen molar-refractivity contribution in [2.24, 2.45) is 0 Å². The summed E-state index contributed by atoms with van der Waals surface area (Å²) in [5, 5.41) is 4.58. The predicted octanol–water partition coefficient (Wildman–Crippen LogP) is 3.72. The first kappa shape index (κ1) is 13.0. The minimum Gasteiger partial charge on any atom is -0.442 e. The van der Waals surface area contributed by atoms with Gasteiger partial charge in [0.25, 0.3) is 0 Å². The molecule has 0 radical (unpaired) electrons. The van der Waals surface area contributed by atoms with Crippen molar-refractivity contribution < 1.29 is 13.9 Å². The molecule has 2 rings (SSSR count). The van der Waals surface area contributed by atoms with Crippen molar-refractivity contribution in [1.29, 1.82) is 0 Å². The van der Waals surface area contributed by atoms with Crippen LogP contribution in [-0.2, 0) is 4.74 Å². The Bertz CT molecular complexity index is 616. The minimum absolute atomic E-state index is 0.371. The number of benzene rings is 1. The summed E-state index contributed by atoms with van der Waals surface area (Å²) in [4.78, 5) is 11.9. The van der Waals surface area contributed by atoms with E-state index >= 15 is 0 Å². The lowest BCUT2D eigenvalue weighted by Crippen LogP contribution is -2.27. The van der Waals surface area contributed by atoms with Gasteiger partial charge in [0.15, 0.2) is 0 Å². The van der Waals surface area contributed by atoms with Gasteiger partial charge in [-0.25, -0.2) is 9.18 Å². The van der Waals surface area contributed by atoms with Crippen LogP contribution in [0.3, 0.4) is 0 Å². The van der Waals surface area contributed by atoms with Crippen LogP contribution in [-0.4, -0.2) is 21.5 Å². The zero-order valence-corrected chi connectivity index (χ0v) is 11.8. The quantitative estimate of drug-likeness (QED) is 0.744. The van der Waals surface area contributed by atoms with Crippen LogP contribution in [0.4, 0.5) is 9.18 Å². The molecule has 2 aromatic rings. The highest BCUT2D eigenvalue weighted by Gasteiger charge is 2.20. The van der Waals surface area contributed by atoms with E-state index in [9.17, 15) is 9.18 Å². The van der Waals surface area contributed by atoms with Crippen molar-refractivity contribution >= 4 is 32.9 Å². The Morgan fingerprint density at radius 2 is 2.11 bits per heavy atom. The van der Waals surface area contributed by atoms with Crippen molar-refractivity contribution in [3.63, 3.8) is 0 Å². The maximum atomic E-state index is 13.3. The summed E-state index contributed by atoms with van der Waals surface area (Å²) in [6, 6.07) is 2.57. The fraction of sp³-hybridized carbons (Fsp3) is 0.333. The molecule has 0 aliphatic heterocycles. The van der Waals surface area contributed by atoms with Crippen LogP contribution in [0.2, 0.25) is 0 Å². The van der Waals surface area contributed by atoms with Crippen LogP contribution in [0.5, 0.6) is 0 Å². The molecule has 1 heterocycles. The number of halogens is 2. The maximum absolute atomic E-state index is 13.3. The number of nitrogens with zero attached hydrogens (tertiary/aromatic N) is 2. The second kappa shape index (κ2) is 4.35. The van der Waals surface area contributed by atoms with E-state index in [4.69, 9.17) is 4.74 Å². The van der Waals surface area contributed by atoms with Crippen LogP contribution < -0.4 is 0 Å². The molecule has 6 heteroatoms. The summed E-state index contributed by atoms with van der Waals surface area (Å²) in [7, 11) is 0. The highest BCUT2D eigenvalue weighted by molar-refractivity contribution is 9.10. The number of rotatable bonds is 0. The lowest BCUT2D eigenvalue weighted by Gasteiger charge is -2.19. The van der Waals surface area contributed by atoms with E-state index in [-0.39, 0.29) is 0 Å². The molecule has 0 fully saturated rings. The van der Waals surface area contributed by atoms with Gasteiger partial charge in [-0.15, -0.1) is 0 Å². The second-order valence-corrected chi connectivity index (χ2v) is 5.71. The summed E-state index contributed by atoms with van der Waals surface area (Å²) < 4.78 is 20.1. The molecular weight excluding hydrogens is 303 g/mol. The number of hydrogen-bond donors (Lipinski definition) is 0. The van der Waals surface area contributed by atoms with Crippen molar-refractivity contribution in [2.75, 3.05) is 0 Å². The molecule has 0 saturated heterocycles. The predicted molar refractivity (Wildman–Crippen MR) is 69.0 cm³/mol. The third-order valence-corrected chi connectivity index (χ3v) is 2.83. The molecule has 0 aliphatic rings. The number of carbonyl (C=O) groups excluding carboxylic acids is 1. The van der Waals surface area contributed by atoms with Gasteiger partial charge in [0, 0.05) is 15.9 Å². The third-order valence-electron chi connectivity index (χ3n) is 2.17. The summed E-state index contributed by atoms with van der Waals surface area (Å²) in [5.74, 6) is -0.445. The molecule has 0 saturated carbocycles. The van der Waals surface area contributed by atoms with Crippen LogP contribution in [0, 0.1) is 5.82 Å². The van der Waals surface area contributed by atoms with E-state index in [0.29, 0.717) is 15.4 Å². The van der Waals surface area contributed by atoms with Crippen molar-refractivity contribution in [3.8, 4) is 0 Å². The van der Waals surface area contributed by atoms with Crippen molar-refractivity contribution in [2.45, 2.75) is 26.4 Å². The Kier molecular flexibility index (Phi) is 3.14. The highest BCUT2D eigenvalue weighted by atomic mass is 79.9. The molecule has 1 aromatic carbocycles. The van der Waals surface area contributed by atoms with E-state index in [1.165, 1.54) is 18.3 Å². The van der Waals surface area contributed by atoms with Gasteiger partial charge in [0.05, 0.1) is 11.7 Å². The van der Waals surface area contributed by atoms with Gasteiger partial charge in [0.2, 0.25) is 0 Å². The molecule has 1 aromatic heterocycles. The second-order valence-electron chi connectivity index (χ2n) is 4.86. The molecule has 0 aliphatic carbocycles. The lowest BCUT2D eigenvalue weighted by atomic mass is 10.2. The van der Waals surface area contributed by atoms with E-state index in [1.807, 2.05) is 0 Å². The van der Waals surface area contributed by atoms with Crippen molar-refractivity contribution in [3.05, 3.63) is 28.6 Å². The molecule has 0 bridgehead atoms. The van der Waals surface area contributed by atoms with Gasteiger partial charge < -0.3 is 4.74 Å². The van der Waals surface area contributed by atoms with Gasteiger partial charge in [-0.1, -0.05) is 0 Å². The molecule has 0 N–H and O–H groups in total. The van der Waals surface area contributed by atoms with Gasteiger partial charge in [-0.2, -0.15) is 9.78 Å². The first-order valence-electron chi connectivity index (χ1n) is 5.34. The van der Waals surface area contributed by atoms with E-state index in [2.05, 4.69) is 21.0 Å². The normalized spacial score (nSPS) is 11.8. The number of aromatic nitrogens is 2. The first-order chi connectivity index (χ1) is 8.28. The van der Waals surface area contributed by atoms with Crippen LogP contribution in [0.1, 0.15) is 20.8 Å². The lowest BCUT2D eigenvalue weighted by molar-refractivity contribution is 0.0523. The molecule has 0 amide bonds. The fourth-order valence-electron chi connectivity index (χ4n) is 1.50. The molecular formula is C12H12BrFN2O2. The molecule has 0 atom stereocenters. The monoisotopic (exact) mass is 314 g/mol. The largest absolute Gasteiger partial charge is 0.442 e. The molecule has 0 spiro atoms. The standard InChI is InChI=1S/C12H12BrFN2O2/c1-12(2,3)18-11(17)16-10-5-7(14)4-9(13)8(10)6-15-16/h4-6H,1-3H3. The van der Waals surface area contributed by atoms with Gasteiger partial charge in [0.1, 0.15) is 11.4 Å². The number of hydrogen-bond acceptors (Lipinski definition) is 3. The smallest absolute Gasteiger partial charge is 0.435 e. The fourth-order valence-corrected chi connectivity index (χ4v) is 2.03. The van der Waals surface area contributed by atoms with E-state index < -0.39 is 17.5 Å². The molecule has 4 nitrogen and oxygen atoms in total. The molecule has 18 heavy (non-hydrogen) atoms. The van der Waals surface area contributed by atoms with Crippen LogP contribution >= 0.6 is 15.9 Å². The average Bonchev–Trinajstić information content (AvgIpc) is 2.58. The van der Waals surface area contributed by atoms with E-state index in [0.717, 1.165) is 4.68 Å². The van der Waals surface area contributed by atoms with Crippen molar-refractivity contribution in [1.82, 2.24) is 9.78 Å². The zero-order valence-electron chi connectivity index (χ0n) is 10.2. The summed E-state index contributed by atoms with van der Waals surface area (Å²) in [6.07, 6.45) is 0.859. The van der Waals surface area contributed by atoms with Gasteiger partial charge >= 0.3 is 6.09 Å². The molecule has 96 valence electrons. The SMILES string of the molecule is CC(C)(C)OC(=O)n1ncc2c(Br)cc(F)cc21. The van der Waals surface area contributed by atoms with Crippen LogP contribution in [0.25, 0.3) is 10.9 Å². The van der Waals surface area contributed by atoms with Gasteiger partial charge in [-0.3, -0.25) is 0 Å². The Balaban J connectivity index is 2.49.